The molecule has 0 radical (unpaired) electrons. The fourth-order valence-corrected chi connectivity index (χ4v) is 5.32. The molecule has 0 unspecified atom stereocenters. The molecule has 5 rings (SSSR count). The van der Waals surface area contributed by atoms with Crippen molar-refractivity contribution in [2.45, 2.75) is 51.6 Å². The van der Waals surface area contributed by atoms with E-state index in [0.29, 0.717) is 48.5 Å². The van der Waals surface area contributed by atoms with Crippen molar-refractivity contribution in [3.63, 3.8) is 0 Å². The van der Waals surface area contributed by atoms with Crippen LogP contribution >= 0.6 is 0 Å². The van der Waals surface area contributed by atoms with Crippen LogP contribution in [-0.4, -0.2) is 63.4 Å². The number of carbonyl (C=O) groups is 1. The van der Waals surface area contributed by atoms with E-state index in [-0.39, 0.29) is 17.5 Å². The number of piperazine rings is 1. The molecule has 11 heteroatoms. The number of nitrogens with one attached hydrogen (secondary N) is 1. The monoisotopic (exact) mass is 514 g/mol. The number of hydrogen-bond acceptors (Lipinski definition) is 7. The summed E-state index contributed by atoms with van der Waals surface area (Å²) >= 11 is 0. The van der Waals surface area contributed by atoms with Crippen LogP contribution in [-0.2, 0) is 10.7 Å². The quantitative estimate of drug-likeness (QED) is 0.516. The summed E-state index contributed by atoms with van der Waals surface area (Å²) in [6.45, 7) is 5.95. The van der Waals surface area contributed by atoms with Crippen LogP contribution in [0, 0.1) is 19.7 Å². The summed E-state index contributed by atoms with van der Waals surface area (Å²) in [5.41, 5.74) is 2.18. The lowest BCUT2D eigenvalue weighted by Crippen LogP contribution is -2.51. The van der Waals surface area contributed by atoms with Gasteiger partial charge in [-0.2, -0.15) is 13.9 Å². The van der Waals surface area contributed by atoms with Crippen LogP contribution in [0.25, 0.3) is 10.9 Å². The average Bonchev–Trinajstić information content (AvgIpc) is 3.25. The minimum atomic E-state index is -3.69. The maximum Gasteiger partial charge on any atom is 0.298 e. The zero-order valence-corrected chi connectivity index (χ0v) is 20.9. The predicted octanol–water partition coefficient (Wildman–Crippen LogP) is 3.85. The molecule has 8 nitrogen and oxygen atoms in total. The smallest absolute Gasteiger partial charge is 0.298 e. The molecule has 0 aliphatic carbocycles. The Balaban J connectivity index is 1.49. The van der Waals surface area contributed by atoms with E-state index < -0.39 is 30.0 Å². The van der Waals surface area contributed by atoms with E-state index in [1.54, 1.807) is 13.8 Å². The van der Waals surface area contributed by atoms with E-state index in [2.05, 4.69) is 20.4 Å². The van der Waals surface area contributed by atoms with Crippen molar-refractivity contribution in [3.8, 4) is 0 Å². The topological polar surface area (TPSA) is 94.5 Å². The van der Waals surface area contributed by atoms with Gasteiger partial charge in [-0.25, -0.2) is 9.37 Å². The summed E-state index contributed by atoms with van der Waals surface area (Å²) < 4.78 is 43.2. The van der Waals surface area contributed by atoms with Crippen molar-refractivity contribution >= 4 is 28.3 Å². The Bertz CT molecular complexity index is 1370. The number of halogens is 3. The number of amides is 1. The SMILES string of the molecule is Cc1nc2c(C)nnc(N[C@H](C)c3cccc(C(F)(F)CO)c3F)c2cc1N1CCN2C(=O)CC[C@@H]2C1. The van der Waals surface area contributed by atoms with E-state index in [1.165, 1.54) is 12.1 Å². The maximum absolute atomic E-state index is 15.1. The van der Waals surface area contributed by atoms with Gasteiger partial charge in [-0.3, -0.25) is 4.79 Å². The molecule has 4 heterocycles. The molecule has 2 N–H and O–H groups in total. The third-order valence-electron chi connectivity index (χ3n) is 7.36. The number of fused-ring (bicyclic) bond motifs is 2. The summed E-state index contributed by atoms with van der Waals surface area (Å²) in [6, 6.07) is 5.16. The molecule has 1 aromatic carbocycles. The molecule has 2 aliphatic rings. The highest BCUT2D eigenvalue weighted by Crippen LogP contribution is 2.35. The molecule has 0 spiro atoms. The van der Waals surface area contributed by atoms with Crippen molar-refractivity contribution in [1.82, 2.24) is 20.1 Å². The molecule has 0 saturated carbocycles. The van der Waals surface area contributed by atoms with Gasteiger partial charge in [0, 0.05) is 43.0 Å². The number of aromatic nitrogens is 3. The van der Waals surface area contributed by atoms with Crippen LogP contribution in [0.3, 0.4) is 0 Å². The average molecular weight is 515 g/mol. The van der Waals surface area contributed by atoms with E-state index in [4.69, 9.17) is 10.1 Å². The van der Waals surface area contributed by atoms with E-state index in [9.17, 15) is 13.6 Å². The summed E-state index contributed by atoms with van der Waals surface area (Å²) in [6.07, 6.45) is 1.42. The largest absolute Gasteiger partial charge is 0.390 e. The Morgan fingerprint density at radius 3 is 2.76 bits per heavy atom. The highest BCUT2D eigenvalue weighted by atomic mass is 19.3. The van der Waals surface area contributed by atoms with Gasteiger partial charge in [-0.15, -0.1) is 5.10 Å². The highest BCUT2D eigenvalue weighted by molar-refractivity contribution is 5.93. The van der Waals surface area contributed by atoms with Crippen LogP contribution in [0.1, 0.15) is 48.3 Å². The Kier molecular flexibility index (Phi) is 6.43. The van der Waals surface area contributed by atoms with Gasteiger partial charge in [0.2, 0.25) is 5.91 Å². The van der Waals surface area contributed by atoms with Crippen molar-refractivity contribution in [2.24, 2.45) is 0 Å². The fourth-order valence-electron chi connectivity index (χ4n) is 5.32. The molecule has 196 valence electrons. The number of anilines is 2. The van der Waals surface area contributed by atoms with Crippen molar-refractivity contribution in [1.29, 1.82) is 0 Å². The van der Waals surface area contributed by atoms with Gasteiger partial charge in [0.25, 0.3) is 5.92 Å². The molecule has 2 aliphatic heterocycles. The molecule has 37 heavy (non-hydrogen) atoms. The molecule has 1 amide bonds. The number of alkyl halides is 2. The van der Waals surface area contributed by atoms with Crippen molar-refractivity contribution in [3.05, 3.63) is 52.6 Å². The van der Waals surface area contributed by atoms with Crippen LogP contribution < -0.4 is 10.2 Å². The summed E-state index contributed by atoms with van der Waals surface area (Å²) in [4.78, 5) is 21.1. The van der Waals surface area contributed by atoms with Gasteiger partial charge >= 0.3 is 0 Å². The Hall–Kier alpha value is -3.47. The lowest BCUT2D eigenvalue weighted by molar-refractivity contribution is -0.129. The molecule has 3 aromatic rings. The summed E-state index contributed by atoms with van der Waals surface area (Å²) in [5.74, 6) is -4.21. The number of benzene rings is 1. The standard InChI is InChI=1S/C26H29F3N6O2/c1-14(18-5-4-6-20(23(18)27)26(28,29)13-36)31-25-19-11-21(15(2)30-24(19)16(3)32-33-25)34-9-10-35-17(12-34)7-8-22(35)37/h4-6,11,14,17,36H,7-10,12-13H2,1-3H3,(H,31,33)/t14-,17-/m1/s1. The zero-order valence-electron chi connectivity index (χ0n) is 20.9. The zero-order chi connectivity index (χ0) is 26.5. The van der Waals surface area contributed by atoms with Crippen molar-refractivity contribution < 1.29 is 23.1 Å². The van der Waals surface area contributed by atoms with Gasteiger partial charge < -0.3 is 20.2 Å². The summed E-state index contributed by atoms with van der Waals surface area (Å²) in [7, 11) is 0. The summed E-state index contributed by atoms with van der Waals surface area (Å²) in [5, 5.41) is 21.3. The van der Waals surface area contributed by atoms with Crippen LogP contribution in [0.4, 0.5) is 24.7 Å². The minimum absolute atomic E-state index is 0.0171. The van der Waals surface area contributed by atoms with Gasteiger partial charge in [-0.1, -0.05) is 12.1 Å². The lowest BCUT2D eigenvalue weighted by Gasteiger charge is -2.39. The van der Waals surface area contributed by atoms with Crippen LogP contribution in [0.5, 0.6) is 0 Å². The third kappa shape index (κ3) is 4.45. The maximum atomic E-state index is 15.1. The van der Waals surface area contributed by atoms with E-state index in [0.717, 1.165) is 23.9 Å². The Labute approximate surface area is 212 Å². The predicted molar refractivity (Wildman–Crippen MR) is 133 cm³/mol. The van der Waals surface area contributed by atoms with Crippen LogP contribution in [0.2, 0.25) is 0 Å². The molecular weight excluding hydrogens is 485 g/mol. The number of carbonyl (C=O) groups excluding carboxylic acids is 1. The second-order valence-electron chi connectivity index (χ2n) is 9.79. The molecule has 2 atom stereocenters. The van der Waals surface area contributed by atoms with Gasteiger partial charge in [0.15, 0.2) is 5.82 Å². The second-order valence-corrected chi connectivity index (χ2v) is 9.79. The lowest BCUT2D eigenvalue weighted by atomic mass is 10.00. The molecule has 2 aromatic heterocycles. The highest BCUT2D eigenvalue weighted by Gasteiger charge is 2.37. The normalized spacial score (nSPS) is 18.9. The Morgan fingerprint density at radius 1 is 1.22 bits per heavy atom. The van der Waals surface area contributed by atoms with E-state index >= 15 is 4.39 Å². The molecule has 2 saturated heterocycles. The minimum Gasteiger partial charge on any atom is -0.390 e. The number of aliphatic hydroxyl groups is 1. The first-order valence-corrected chi connectivity index (χ1v) is 12.3. The fraction of sp³-hybridized carbons (Fsp3) is 0.462. The number of rotatable bonds is 6. The van der Waals surface area contributed by atoms with Crippen LogP contribution in [0.15, 0.2) is 24.3 Å². The molecular formula is C26H29F3N6O2. The van der Waals surface area contributed by atoms with E-state index in [1.807, 2.05) is 17.9 Å². The number of aliphatic hydroxyl groups excluding tert-OH is 1. The second kappa shape index (κ2) is 9.44. The van der Waals surface area contributed by atoms with Gasteiger partial charge in [-0.05, 0) is 39.3 Å². The number of aryl methyl sites for hydroxylation is 2. The molecule has 0 bridgehead atoms. The number of nitrogens with zero attached hydrogens (tertiary/aromatic N) is 5. The first-order valence-electron chi connectivity index (χ1n) is 12.3. The van der Waals surface area contributed by atoms with Gasteiger partial charge in [0.05, 0.1) is 34.2 Å². The molecule has 2 fully saturated rings. The Morgan fingerprint density at radius 2 is 2.00 bits per heavy atom. The van der Waals surface area contributed by atoms with Crippen molar-refractivity contribution in [2.75, 3.05) is 36.5 Å². The van der Waals surface area contributed by atoms with Gasteiger partial charge in [0.1, 0.15) is 12.4 Å². The third-order valence-corrected chi connectivity index (χ3v) is 7.36. The first kappa shape index (κ1) is 25.2. The first-order chi connectivity index (χ1) is 17.6. The number of pyridine rings is 1. The number of hydrogen-bond donors (Lipinski definition) is 2.